The maximum absolute atomic E-state index is 13.1. The molecule has 28 heavy (non-hydrogen) atoms. The van der Waals surface area contributed by atoms with Crippen LogP contribution in [0.25, 0.3) is 10.6 Å². The molecular formula is C22H30N4OS. The number of amides is 1. The highest BCUT2D eigenvalue weighted by molar-refractivity contribution is 7.13. The predicted octanol–water partition coefficient (Wildman–Crippen LogP) is 4.60. The first-order valence-corrected chi connectivity index (χ1v) is 11.6. The third-order valence-corrected chi connectivity index (χ3v) is 7.12. The molecule has 0 unspecified atom stereocenters. The lowest BCUT2D eigenvalue weighted by Gasteiger charge is -2.38. The Morgan fingerprint density at radius 3 is 2.50 bits per heavy atom. The van der Waals surface area contributed by atoms with Gasteiger partial charge in [-0.2, -0.15) is 0 Å². The minimum Gasteiger partial charge on any atom is -0.355 e. The van der Waals surface area contributed by atoms with Crippen LogP contribution in [0.15, 0.2) is 29.6 Å². The van der Waals surface area contributed by atoms with E-state index in [9.17, 15) is 4.79 Å². The van der Waals surface area contributed by atoms with Gasteiger partial charge in [-0.3, -0.25) is 4.79 Å². The van der Waals surface area contributed by atoms with Gasteiger partial charge in [0.1, 0.15) is 5.69 Å². The average Bonchev–Trinajstić information content (AvgIpc) is 3.30. The first-order chi connectivity index (χ1) is 13.8. The Morgan fingerprint density at radius 1 is 1.11 bits per heavy atom. The molecule has 3 heterocycles. The van der Waals surface area contributed by atoms with Gasteiger partial charge in [0.15, 0.2) is 5.82 Å². The van der Waals surface area contributed by atoms with E-state index in [4.69, 9.17) is 0 Å². The summed E-state index contributed by atoms with van der Waals surface area (Å²) in [7, 11) is 0. The first-order valence-electron chi connectivity index (χ1n) is 10.7. The molecule has 0 bridgehead atoms. The molecule has 0 radical (unpaired) electrons. The lowest BCUT2D eigenvalue weighted by Crippen LogP contribution is -2.47. The fourth-order valence-electron chi connectivity index (χ4n) is 4.63. The zero-order valence-corrected chi connectivity index (χ0v) is 17.5. The molecular weight excluding hydrogens is 368 g/mol. The largest absolute Gasteiger partial charge is 0.355 e. The van der Waals surface area contributed by atoms with Crippen molar-refractivity contribution in [2.24, 2.45) is 5.92 Å². The predicted molar refractivity (Wildman–Crippen MR) is 115 cm³/mol. The molecule has 1 aliphatic carbocycles. The van der Waals surface area contributed by atoms with E-state index in [0.29, 0.717) is 11.9 Å². The minimum absolute atomic E-state index is 0.163. The van der Waals surface area contributed by atoms with Crippen molar-refractivity contribution in [2.45, 2.75) is 57.9 Å². The highest BCUT2D eigenvalue weighted by Gasteiger charge is 2.32. The molecule has 1 saturated carbocycles. The van der Waals surface area contributed by atoms with E-state index < -0.39 is 0 Å². The number of rotatable bonds is 5. The highest BCUT2D eigenvalue weighted by Crippen LogP contribution is 2.29. The maximum atomic E-state index is 13.1. The summed E-state index contributed by atoms with van der Waals surface area (Å²) >= 11 is 1.68. The van der Waals surface area contributed by atoms with Crippen LogP contribution in [0.1, 0.15) is 51.9 Å². The fraction of sp³-hybridized carbons (Fsp3) is 0.591. The van der Waals surface area contributed by atoms with Crippen LogP contribution in [-0.2, 0) is 4.79 Å². The van der Waals surface area contributed by atoms with Gasteiger partial charge in [0.25, 0.3) is 0 Å². The molecule has 1 amide bonds. The number of anilines is 1. The molecule has 4 rings (SSSR count). The van der Waals surface area contributed by atoms with E-state index >= 15 is 0 Å². The second kappa shape index (κ2) is 9.03. The smallest absolute Gasteiger partial charge is 0.226 e. The fourth-order valence-corrected chi connectivity index (χ4v) is 5.32. The summed E-state index contributed by atoms with van der Waals surface area (Å²) in [5.41, 5.74) is 0.926. The molecule has 0 spiro atoms. The van der Waals surface area contributed by atoms with Crippen molar-refractivity contribution in [1.29, 1.82) is 0 Å². The Labute approximate surface area is 171 Å². The molecule has 0 atom stereocenters. The zero-order valence-electron chi connectivity index (χ0n) is 16.7. The maximum Gasteiger partial charge on any atom is 0.226 e. The summed E-state index contributed by atoms with van der Waals surface area (Å²) in [6, 6.07) is 8.68. The van der Waals surface area contributed by atoms with Gasteiger partial charge in [0, 0.05) is 31.6 Å². The number of aromatic nitrogens is 2. The van der Waals surface area contributed by atoms with E-state index in [0.717, 1.165) is 48.9 Å². The number of piperidine rings is 1. The van der Waals surface area contributed by atoms with Gasteiger partial charge in [-0.05, 0) is 56.2 Å². The number of carbonyl (C=O) groups is 1. The Morgan fingerprint density at radius 2 is 1.89 bits per heavy atom. The van der Waals surface area contributed by atoms with Gasteiger partial charge in [-0.15, -0.1) is 21.5 Å². The van der Waals surface area contributed by atoms with Crippen LogP contribution in [0.3, 0.4) is 0 Å². The summed E-state index contributed by atoms with van der Waals surface area (Å²) < 4.78 is 0. The van der Waals surface area contributed by atoms with Crippen molar-refractivity contribution < 1.29 is 4.79 Å². The van der Waals surface area contributed by atoms with Crippen LogP contribution in [0.4, 0.5) is 5.82 Å². The Balaban J connectivity index is 1.34. The Hall–Kier alpha value is -1.95. The molecule has 1 saturated heterocycles. The van der Waals surface area contributed by atoms with Crippen LogP contribution >= 0.6 is 11.3 Å². The summed E-state index contributed by atoms with van der Waals surface area (Å²) in [4.78, 5) is 18.7. The van der Waals surface area contributed by atoms with Crippen molar-refractivity contribution in [3.8, 4) is 10.6 Å². The number of thiophene rings is 1. The Bertz CT molecular complexity index is 747. The molecule has 0 aromatic carbocycles. The summed E-state index contributed by atoms with van der Waals surface area (Å²) in [6.45, 7) is 4.74. The summed E-state index contributed by atoms with van der Waals surface area (Å²) in [5, 5.41) is 10.9. The minimum atomic E-state index is 0.163. The SMILES string of the molecule is CCN(C(=O)C1CCN(c2ccc(-c3cccs3)nn2)CC1)C1CCCCC1. The van der Waals surface area contributed by atoms with Gasteiger partial charge < -0.3 is 9.80 Å². The molecule has 2 aromatic heterocycles. The standard InChI is InChI=1S/C22H30N4OS/c1-2-26(18-7-4-3-5-8-18)22(27)17-12-14-25(15-13-17)21-11-10-19(23-24-21)20-9-6-16-28-20/h6,9-11,16-18H,2-5,7-8,12-15H2,1H3. The third kappa shape index (κ3) is 4.22. The number of hydrogen-bond acceptors (Lipinski definition) is 5. The van der Waals surface area contributed by atoms with Gasteiger partial charge in [0.05, 0.1) is 4.88 Å². The molecule has 1 aliphatic heterocycles. The van der Waals surface area contributed by atoms with Crippen LogP contribution in [0, 0.1) is 5.92 Å². The number of hydrogen-bond donors (Lipinski definition) is 0. The van der Waals surface area contributed by atoms with Crippen LogP contribution in [0.5, 0.6) is 0 Å². The van der Waals surface area contributed by atoms with E-state index in [1.54, 1.807) is 11.3 Å². The summed E-state index contributed by atoms with van der Waals surface area (Å²) in [6.07, 6.45) is 8.06. The van der Waals surface area contributed by atoms with E-state index in [1.807, 2.05) is 12.1 Å². The van der Waals surface area contributed by atoms with Crippen LogP contribution in [0.2, 0.25) is 0 Å². The van der Waals surface area contributed by atoms with Crippen molar-refractivity contribution in [2.75, 3.05) is 24.5 Å². The van der Waals surface area contributed by atoms with Gasteiger partial charge in [0.2, 0.25) is 5.91 Å². The lowest BCUT2D eigenvalue weighted by molar-refractivity contribution is -0.139. The molecule has 0 N–H and O–H groups in total. The molecule has 150 valence electrons. The Kier molecular flexibility index (Phi) is 6.25. The molecule has 2 aliphatic rings. The summed E-state index contributed by atoms with van der Waals surface area (Å²) in [5.74, 6) is 1.47. The van der Waals surface area contributed by atoms with Crippen LogP contribution < -0.4 is 4.90 Å². The normalized spacial score (nSPS) is 19.0. The molecule has 6 heteroatoms. The third-order valence-electron chi connectivity index (χ3n) is 6.23. The van der Waals surface area contributed by atoms with E-state index in [-0.39, 0.29) is 5.92 Å². The second-order valence-electron chi connectivity index (χ2n) is 7.93. The number of carbonyl (C=O) groups excluding carboxylic acids is 1. The monoisotopic (exact) mass is 398 g/mol. The van der Waals surface area contributed by atoms with Gasteiger partial charge in [-0.1, -0.05) is 25.3 Å². The van der Waals surface area contributed by atoms with Crippen molar-refractivity contribution in [3.63, 3.8) is 0 Å². The van der Waals surface area contributed by atoms with Crippen molar-refractivity contribution in [3.05, 3.63) is 29.6 Å². The first kappa shape index (κ1) is 19.4. The lowest BCUT2D eigenvalue weighted by atomic mass is 9.90. The molecule has 2 aromatic rings. The van der Waals surface area contributed by atoms with Crippen LogP contribution in [-0.4, -0.2) is 46.7 Å². The average molecular weight is 399 g/mol. The van der Waals surface area contributed by atoms with Gasteiger partial charge >= 0.3 is 0 Å². The van der Waals surface area contributed by atoms with Crippen molar-refractivity contribution in [1.82, 2.24) is 15.1 Å². The molecule has 2 fully saturated rings. The quantitative estimate of drug-likeness (QED) is 0.738. The van der Waals surface area contributed by atoms with Crippen molar-refractivity contribution >= 4 is 23.1 Å². The second-order valence-corrected chi connectivity index (χ2v) is 8.88. The van der Waals surface area contributed by atoms with E-state index in [2.05, 4.69) is 44.4 Å². The highest BCUT2D eigenvalue weighted by atomic mass is 32.1. The zero-order chi connectivity index (χ0) is 19.3. The molecule has 5 nitrogen and oxygen atoms in total. The van der Waals surface area contributed by atoms with E-state index in [1.165, 1.54) is 32.1 Å². The number of nitrogens with zero attached hydrogens (tertiary/aromatic N) is 4. The topological polar surface area (TPSA) is 49.3 Å². The van der Waals surface area contributed by atoms with Gasteiger partial charge in [-0.25, -0.2) is 0 Å².